The summed E-state index contributed by atoms with van der Waals surface area (Å²) < 4.78 is 5.23. The molecule has 1 rings (SSSR count). The minimum absolute atomic E-state index is 0.254. The van der Waals surface area contributed by atoms with Gasteiger partial charge in [-0.05, 0) is 31.8 Å². The van der Waals surface area contributed by atoms with Gasteiger partial charge in [0, 0.05) is 12.5 Å². The maximum Gasteiger partial charge on any atom is 0.226 e. The lowest BCUT2D eigenvalue weighted by atomic mass is 10.0. The number of aromatic nitrogens is 2. The molecule has 0 aliphatic heterocycles. The molecule has 1 aromatic rings. The first-order valence-corrected chi connectivity index (χ1v) is 7.14. The second-order valence-electron chi connectivity index (χ2n) is 6.14. The summed E-state index contributed by atoms with van der Waals surface area (Å²) in [5.74, 6) is 2.56. The minimum atomic E-state index is 0.254. The average Bonchev–Trinajstić information content (AvgIpc) is 2.72. The molecule has 0 spiro atoms. The first-order chi connectivity index (χ1) is 8.88. The van der Waals surface area contributed by atoms with Gasteiger partial charge in [-0.25, -0.2) is 0 Å². The van der Waals surface area contributed by atoms with Crippen LogP contribution in [0.4, 0.5) is 0 Å². The monoisotopic (exact) mass is 268 g/mol. The van der Waals surface area contributed by atoms with E-state index in [0.29, 0.717) is 18.4 Å². The number of hydrogen-bond donors (Lipinski definition) is 1. The van der Waals surface area contributed by atoms with E-state index in [9.17, 15) is 0 Å². The second-order valence-corrected chi connectivity index (χ2v) is 6.14. The Morgan fingerprint density at radius 1 is 1.26 bits per heavy atom. The van der Waals surface area contributed by atoms with Gasteiger partial charge < -0.3 is 10.3 Å². The van der Waals surface area contributed by atoms with E-state index in [0.717, 1.165) is 31.1 Å². The van der Waals surface area contributed by atoms with Gasteiger partial charge in [0.15, 0.2) is 5.82 Å². The first kappa shape index (κ1) is 16.1. The molecule has 1 heterocycles. The Morgan fingerprint density at radius 3 is 2.53 bits per heavy atom. The van der Waals surface area contributed by atoms with Gasteiger partial charge in [-0.3, -0.25) is 4.90 Å². The van der Waals surface area contributed by atoms with Gasteiger partial charge in [-0.2, -0.15) is 4.98 Å². The Labute approximate surface area is 116 Å². The van der Waals surface area contributed by atoms with E-state index in [2.05, 4.69) is 49.8 Å². The Kier molecular flexibility index (Phi) is 6.45. The van der Waals surface area contributed by atoms with E-state index in [1.807, 2.05) is 0 Å². The van der Waals surface area contributed by atoms with Crippen molar-refractivity contribution in [3.8, 4) is 0 Å². The van der Waals surface area contributed by atoms with Gasteiger partial charge in [0.05, 0.1) is 6.54 Å². The van der Waals surface area contributed by atoms with E-state index in [-0.39, 0.29) is 6.04 Å². The largest absolute Gasteiger partial charge is 0.339 e. The fourth-order valence-electron chi connectivity index (χ4n) is 1.81. The van der Waals surface area contributed by atoms with E-state index in [4.69, 9.17) is 10.3 Å². The van der Waals surface area contributed by atoms with Gasteiger partial charge >= 0.3 is 0 Å². The van der Waals surface area contributed by atoms with Crippen molar-refractivity contribution < 1.29 is 4.52 Å². The van der Waals surface area contributed by atoms with Crippen LogP contribution in [0, 0.1) is 11.8 Å². The van der Waals surface area contributed by atoms with Gasteiger partial charge in [-0.1, -0.05) is 32.9 Å². The smallest absolute Gasteiger partial charge is 0.226 e. The normalized spacial score (nSPS) is 13.7. The van der Waals surface area contributed by atoms with Crippen LogP contribution in [0.3, 0.4) is 0 Å². The summed E-state index contributed by atoms with van der Waals surface area (Å²) in [7, 11) is 2.06. The zero-order valence-corrected chi connectivity index (χ0v) is 12.9. The molecule has 0 aliphatic carbocycles. The summed E-state index contributed by atoms with van der Waals surface area (Å²) in [4.78, 5) is 6.59. The van der Waals surface area contributed by atoms with Crippen molar-refractivity contribution >= 4 is 0 Å². The molecule has 1 unspecified atom stereocenters. The van der Waals surface area contributed by atoms with Crippen LogP contribution in [-0.2, 0) is 13.0 Å². The molecule has 1 aromatic heterocycles. The molecule has 0 aliphatic rings. The molecule has 19 heavy (non-hydrogen) atoms. The van der Waals surface area contributed by atoms with Crippen molar-refractivity contribution in [1.29, 1.82) is 0 Å². The highest BCUT2D eigenvalue weighted by molar-refractivity contribution is 4.87. The van der Waals surface area contributed by atoms with Crippen LogP contribution in [0.15, 0.2) is 4.52 Å². The topological polar surface area (TPSA) is 68.2 Å². The summed E-state index contributed by atoms with van der Waals surface area (Å²) in [6.07, 6.45) is 1.83. The Hall–Kier alpha value is -0.940. The van der Waals surface area contributed by atoms with Crippen LogP contribution in [-0.4, -0.2) is 34.7 Å². The van der Waals surface area contributed by atoms with Crippen LogP contribution in [0.25, 0.3) is 0 Å². The van der Waals surface area contributed by atoms with Crippen molar-refractivity contribution in [2.45, 2.75) is 53.1 Å². The van der Waals surface area contributed by atoms with Gasteiger partial charge in [0.2, 0.25) is 5.89 Å². The van der Waals surface area contributed by atoms with Gasteiger partial charge in [0.25, 0.3) is 0 Å². The van der Waals surface area contributed by atoms with Crippen molar-refractivity contribution in [3.63, 3.8) is 0 Å². The number of nitrogens with zero attached hydrogens (tertiary/aromatic N) is 3. The number of nitrogens with two attached hydrogens (primary N) is 1. The van der Waals surface area contributed by atoms with E-state index >= 15 is 0 Å². The highest BCUT2D eigenvalue weighted by atomic mass is 16.5. The average molecular weight is 268 g/mol. The lowest BCUT2D eigenvalue weighted by Gasteiger charge is -2.20. The van der Waals surface area contributed by atoms with E-state index in [1.165, 1.54) is 0 Å². The summed E-state index contributed by atoms with van der Waals surface area (Å²) in [6, 6.07) is 0.254. The molecular weight excluding hydrogens is 240 g/mol. The van der Waals surface area contributed by atoms with E-state index in [1.54, 1.807) is 0 Å². The maximum atomic E-state index is 6.04. The Morgan fingerprint density at radius 2 is 1.95 bits per heavy atom. The fourth-order valence-corrected chi connectivity index (χ4v) is 1.81. The third-order valence-electron chi connectivity index (χ3n) is 3.20. The summed E-state index contributed by atoms with van der Waals surface area (Å²) in [6.45, 7) is 10.3. The van der Waals surface area contributed by atoms with Crippen LogP contribution in [0.5, 0.6) is 0 Å². The molecule has 0 fully saturated rings. The van der Waals surface area contributed by atoms with Crippen molar-refractivity contribution in [2.75, 3.05) is 13.6 Å². The van der Waals surface area contributed by atoms with Crippen LogP contribution >= 0.6 is 0 Å². The molecule has 1 atom stereocenters. The lowest BCUT2D eigenvalue weighted by Crippen LogP contribution is -2.31. The predicted octanol–water partition coefficient (Wildman–Crippen LogP) is 2.07. The molecule has 5 nitrogen and oxygen atoms in total. The first-order valence-electron chi connectivity index (χ1n) is 7.14. The lowest BCUT2D eigenvalue weighted by molar-refractivity contribution is 0.283. The summed E-state index contributed by atoms with van der Waals surface area (Å²) in [5.41, 5.74) is 6.04. The minimum Gasteiger partial charge on any atom is -0.339 e. The summed E-state index contributed by atoms with van der Waals surface area (Å²) in [5, 5.41) is 4.01. The maximum absolute atomic E-state index is 6.04. The molecular formula is C14H28N4O. The fraction of sp³-hybridized carbons (Fsp3) is 0.857. The number of hydrogen-bond acceptors (Lipinski definition) is 5. The molecule has 0 saturated heterocycles. The third-order valence-corrected chi connectivity index (χ3v) is 3.20. The van der Waals surface area contributed by atoms with Crippen LogP contribution in [0.2, 0.25) is 0 Å². The SMILES string of the molecule is CC(C)Cc1nc(CN(C)CCC(N)C(C)C)no1. The molecule has 110 valence electrons. The van der Waals surface area contributed by atoms with Crippen molar-refractivity contribution in [1.82, 2.24) is 15.0 Å². The van der Waals surface area contributed by atoms with Crippen LogP contribution < -0.4 is 5.73 Å². The molecule has 0 aromatic carbocycles. The number of rotatable bonds is 8. The van der Waals surface area contributed by atoms with Crippen molar-refractivity contribution in [2.24, 2.45) is 17.6 Å². The Balaban J connectivity index is 2.35. The molecule has 0 amide bonds. The zero-order valence-electron chi connectivity index (χ0n) is 12.9. The summed E-state index contributed by atoms with van der Waals surface area (Å²) >= 11 is 0. The highest BCUT2D eigenvalue weighted by Crippen LogP contribution is 2.08. The van der Waals surface area contributed by atoms with Gasteiger partial charge in [-0.15, -0.1) is 0 Å². The Bertz CT molecular complexity index is 362. The van der Waals surface area contributed by atoms with Crippen LogP contribution in [0.1, 0.15) is 45.8 Å². The predicted molar refractivity (Wildman–Crippen MR) is 76.6 cm³/mol. The molecule has 0 radical (unpaired) electrons. The van der Waals surface area contributed by atoms with Crippen molar-refractivity contribution in [3.05, 3.63) is 11.7 Å². The molecule has 0 bridgehead atoms. The molecule has 2 N–H and O–H groups in total. The standard InChI is InChI=1S/C14H28N4O/c1-10(2)8-14-16-13(17-19-14)9-18(5)7-6-12(15)11(3)4/h10-12H,6-9,15H2,1-5H3. The second kappa shape index (κ2) is 7.60. The van der Waals surface area contributed by atoms with E-state index < -0.39 is 0 Å². The zero-order chi connectivity index (χ0) is 14.4. The quantitative estimate of drug-likeness (QED) is 0.781. The third kappa shape index (κ3) is 6.16. The molecule has 5 heteroatoms. The highest BCUT2D eigenvalue weighted by Gasteiger charge is 2.12. The molecule has 0 saturated carbocycles. The van der Waals surface area contributed by atoms with Gasteiger partial charge in [0.1, 0.15) is 0 Å².